The Morgan fingerprint density at radius 2 is 1.38 bits per heavy atom. The van der Waals surface area contributed by atoms with Crippen LogP contribution < -0.4 is 5.01 Å². The Bertz CT molecular complexity index is 1500. The van der Waals surface area contributed by atoms with Crippen molar-refractivity contribution in [3.63, 3.8) is 0 Å². The fraction of sp³-hybridized carbons (Fsp3) is 0.233. The summed E-state index contributed by atoms with van der Waals surface area (Å²) in [5.41, 5.74) is -0.257. The van der Waals surface area contributed by atoms with Crippen molar-refractivity contribution in [1.29, 1.82) is 0 Å². The third kappa shape index (κ3) is 4.51. The number of benzene rings is 3. The molecule has 3 aromatic carbocycles. The lowest BCUT2D eigenvalue weighted by molar-refractivity contribution is 0.0102. The van der Waals surface area contributed by atoms with Crippen LogP contribution in [0.4, 0.5) is 5.69 Å². The summed E-state index contributed by atoms with van der Waals surface area (Å²) in [5.74, 6) is -3.24. The van der Waals surface area contributed by atoms with Gasteiger partial charge < -0.3 is 14.2 Å². The highest BCUT2D eigenvalue weighted by molar-refractivity contribution is 7.54. The van der Waals surface area contributed by atoms with Crippen LogP contribution in [0.1, 0.15) is 47.1 Å². The lowest BCUT2D eigenvalue weighted by atomic mass is 9.95. The first-order chi connectivity index (χ1) is 19.3. The maximum Gasteiger partial charge on any atom is 0.358 e. The van der Waals surface area contributed by atoms with Gasteiger partial charge in [0.2, 0.25) is 5.72 Å². The second kappa shape index (κ2) is 10.9. The minimum Gasteiger partial charge on any atom is -0.363 e. The third-order valence-electron chi connectivity index (χ3n) is 6.82. The van der Waals surface area contributed by atoms with Gasteiger partial charge in [-0.25, -0.2) is 5.01 Å². The van der Waals surface area contributed by atoms with Crippen LogP contribution in [-0.4, -0.2) is 52.3 Å². The molecule has 2 atom stereocenters. The lowest BCUT2D eigenvalue weighted by Gasteiger charge is -2.44. The van der Waals surface area contributed by atoms with Crippen molar-refractivity contribution in [2.75, 3.05) is 18.2 Å². The highest BCUT2D eigenvalue weighted by atomic mass is 31.2. The molecule has 2 amide bonds. The van der Waals surface area contributed by atoms with Crippen LogP contribution in [0.3, 0.4) is 0 Å². The summed E-state index contributed by atoms with van der Waals surface area (Å²) in [4.78, 5) is 28.6. The van der Waals surface area contributed by atoms with Crippen molar-refractivity contribution < 1.29 is 28.3 Å². The number of rotatable bonds is 9. The molecule has 2 aliphatic rings. The predicted molar refractivity (Wildman–Crippen MR) is 153 cm³/mol. The molecule has 2 unspecified atom stereocenters. The van der Waals surface area contributed by atoms with Gasteiger partial charge in [-0.1, -0.05) is 60.7 Å². The van der Waals surface area contributed by atoms with Crippen LogP contribution in [0.25, 0.3) is 6.08 Å². The lowest BCUT2D eigenvalue weighted by Crippen LogP contribution is -2.62. The highest BCUT2D eigenvalue weighted by Gasteiger charge is 2.65. The van der Waals surface area contributed by atoms with Crippen molar-refractivity contribution in [2.45, 2.75) is 32.3 Å². The van der Waals surface area contributed by atoms with Gasteiger partial charge in [-0.2, -0.15) is 5.10 Å². The number of fused-ring (bicyclic) bond motifs is 1. The number of hydrogen-bond donors (Lipinski definition) is 1. The number of hydrazone groups is 1. The molecule has 0 radical (unpaired) electrons. The fourth-order valence-electron chi connectivity index (χ4n) is 5.17. The standard InChI is InChI=1S/C30H30N3O6P/c1-4-38-40(37,39-5-2)29(32-27(34)24-18-12-13-19-25(24)28(32)35)30(36)26(20-22-14-8-6-9-15-22)21(3)31-33(30)23-16-10-7-11-17-23/h6-20,29,36H,4-5H2,1-3H3/b26-20-. The van der Waals surface area contributed by atoms with Gasteiger partial charge in [-0.15, -0.1) is 0 Å². The quantitative estimate of drug-likeness (QED) is 0.271. The zero-order valence-corrected chi connectivity index (χ0v) is 23.3. The highest BCUT2D eigenvalue weighted by Crippen LogP contribution is 2.62. The van der Waals surface area contributed by atoms with Crippen LogP contribution in [0.5, 0.6) is 0 Å². The number of aliphatic hydroxyl groups is 1. The van der Waals surface area contributed by atoms with E-state index in [1.54, 1.807) is 63.2 Å². The van der Waals surface area contributed by atoms with E-state index in [-0.39, 0.29) is 29.9 Å². The van der Waals surface area contributed by atoms with Gasteiger partial charge in [0.05, 0.1) is 35.7 Å². The molecule has 5 rings (SSSR count). The van der Waals surface area contributed by atoms with Gasteiger partial charge in [0.15, 0.2) is 5.78 Å². The molecule has 40 heavy (non-hydrogen) atoms. The SMILES string of the molecule is CCOP(=O)(OCC)C(N1C(=O)c2ccccc2C1=O)C1(O)/C(=C\c2ccccc2)C(C)=NN1c1ccccc1. The number of amides is 2. The van der Waals surface area contributed by atoms with Gasteiger partial charge in [0.1, 0.15) is 0 Å². The molecule has 2 aliphatic heterocycles. The topological polar surface area (TPSA) is 109 Å². The number of para-hydroxylation sites is 1. The first-order valence-corrected chi connectivity index (χ1v) is 14.6. The number of imide groups is 1. The summed E-state index contributed by atoms with van der Waals surface area (Å²) in [6.45, 7) is 4.84. The number of anilines is 1. The zero-order chi connectivity index (χ0) is 28.5. The number of hydrogen-bond acceptors (Lipinski definition) is 8. The Morgan fingerprint density at radius 3 is 1.90 bits per heavy atom. The van der Waals surface area contributed by atoms with Crippen LogP contribution in [0, 0.1) is 0 Å². The van der Waals surface area contributed by atoms with Crippen molar-refractivity contribution in [2.24, 2.45) is 5.10 Å². The molecule has 2 heterocycles. The molecule has 0 saturated heterocycles. The smallest absolute Gasteiger partial charge is 0.358 e. The minimum absolute atomic E-state index is 0.0596. The molecule has 0 aliphatic carbocycles. The van der Waals surface area contributed by atoms with E-state index in [0.29, 0.717) is 11.4 Å². The normalized spacial score (nSPS) is 20.7. The van der Waals surface area contributed by atoms with Crippen molar-refractivity contribution in [3.8, 4) is 0 Å². The maximum absolute atomic E-state index is 14.8. The van der Waals surface area contributed by atoms with Gasteiger partial charge in [-0.3, -0.25) is 19.1 Å². The summed E-state index contributed by atoms with van der Waals surface area (Å²) in [6, 6.07) is 24.3. The Labute approximate surface area is 232 Å². The van der Waals surface area contributed by atoms with Crippen molar-refractivity contribution in [3.05, 3.63) is 107 Å². The van der Waals surface area contributed by atoms with Crippen LogP contribution in [-0.2, 0) is 13.6 Å². The van der Waals surface area contributed by atoms with E-state index in [2.05, 4.69) is 5.10 Å². The van der Waals surface area contributed by atoms with Gasteiger partial charge in [-0.05, 0) is 56.7 Å². The monoisotopic (exact) mass is 559 g/mol. The van der Waals surface area contributed by atoms with E-state index in [0.717, 1.165) is 10.5 Å². The first kappa shape index (κ1) is 27.7. The van der Waals surface area contributed by atoms with E-state index in [1.165, 1.54) is 17.1 Å². The fourth-order valence-corrected chi connectivity index (χ4v) is 7.43. The summed E-state index contributed by atoms with van der Waals surface area (Å²) >= 11 is 0. The first-order valence-electron chi connectivity index (χ1n) is 13.0. The Kier molecular flexibility index (Phi) is 7.57. The van der Waals surface area contributed by atoms with E-state index >= 15 is 0 Å². The maximum atomic E-state index is 14.8. The van der Waals surface area contributed by atoms with Crippen LogP contribution in [0.2, 0.25) is 0 Å². The molecular formula is C30H30N3O6P. The number of carbonyl (C=O) groups is 2. The van der Waals surface area contributed by atoms with Gasteiger partial charge in [0, 0.05) is 5.57 Å². The number of carbonyl (C=O) groups excluding carboxylic acids is 2. The Hall–Kier alpha value is -3.88. The van der Waals surface area contributed by atoms with Crippen molar-refractivity contribution in [1.82, 2.24) is 4.90 Å². The molecule has 0 aromatic heterocycles. The largest absolute Gasteiger partial charge is 0.363 e. The minimum atomic E-state index is -4.44. The van der Waals surface area contributed by atoms with Crippen LogP contribution in [0.15, 0.2) is 95.6 Å². The van der Waals surface area contributed by atoms with E-state index in [1.807, 2.05) is 36.4 Å². The average Bonchev–Trinajstić information content (AvgIpc) is 3.35. The predicted octanol–water partition coefficient (Wildman–Crippen LogP) is 5.54. The zero-order valence-electron chi connectivity index (χ0n) is 22.4. The third-order valence-corrected chi connectivity index (χ3v) is 9.24. The number of nitrogens with zero attached hydrogens (tertiary/aromatic N) is 3. The van der Waals surface area contributed by atoms with Crippen molar-refractivity contribution >= 4 is 36.9 Å². The van der Waals surface area contributed by atoms with Crippen LogP contribution >= 0.6 is 7.60 Å². The van der Waals surface area contributed by atoms with Gasteiger partial charge >= 0.3 is 7.60 Å². The van der Waals surface area contributed by atoms with E-state index < -0.39 is 30.9 Å². The summed E-state index contributed by atoms with van der Waals surface area (Å²) < 4.78 is 26.3. The molecule has 0 saturated carbocycles. The molecular weight excluding hydrogens is 529 g/mol. The van der Waals surface area contributed by atoms with Gasteiger partial charge in [0.25, 0.3) is 11.8 Å². The molecule has 206 valence electrons. The molecule has 1 N–H and O–H groups in total. The molecule has 0 fully saturated rings. The molecule has 3 aromatic rings. The summed E-state index contributed by atoms with van der Waals surface area (Å²) in [7, 11) is -4.44. The Balaban J connectivity index is 1.81. The molecule has 0 bridgehead atoms. The average molecular weight is 560 g/mol. The van der Waals surface area contributed by atoms with E-state index in [4.69, 9.17) is 9.05 Å². The summed E-state index contributed by atoms with van der Waals surface area (Å²) in [5, 5.41) is 18.9. The summed E-state index contributed by atoms with van der Waals surface area (Å²) in [6.07, 6.45) is 1.70. The second-order valence-electron chi connectivity index (χ2n) is 9.30. The second-order valence-corrected chi connectivity index (χ2v) is 11.4. The Morgan fingerprint density at radius 1 is 0.875 bits per heavy atom. The molecule has 10 heteroatoms. The molecule has 9 nitrogen and oxygen atoms in total. The molecule has 0 spiro atoms. The van der Waals surface area contributed by atoms with E-state index in [9.17, 15) is 19.3 Å².